The van der Waals surface area contributed by atoms with Crippen molar-refractivity contribution in [3.63, 3.8) is 0 Å². The fourth-order valence-electron chi connectivity index (χ4n) is 7.19. The van der Waals surface area contributed by atoms with Crippen molar-refractivity contribution >= 4 is 5.91 Å². The molecule has 1 aromatic heterocycles. The van der Waals surface area contributed by atoms with E-state index in [4.69, 9.17) is 0 Å². The molecule has 6 rings (SSSR count). The van der Waals surface area contributed by atoms with Crippen LogP contribution in [0.25, 0.3) is 0 Å². The largest absolute Gasteiger partial charge is 0.394 e. The molecule has 0 radical (unpaired) electrons. The Kier molecular flexibility index (Phi) is 3.43. The molecular weight excluding hydrogens is 330 g/mol. The lowest BCUT2D eigenvalue weighted by atomic mass is 9.42. The van der Waals surface area contributed by atoms with Gasteiger partial charge >= 0.3 is 0 Å². The molecule has 4 fully saturated rings. The van der Waals surface area contributed by atoms with Crippen LogP contribution in [0.1, 0.15) is 63.1 Å². The Morgan fingerprint density at radius 2 is 2.12 bits per heavy atom. The summed E-state index contributed by atoms with van der Waals surface area (Å²) in [6, 6.07) is 0. The summed E-state index contributed by atoms with van der Waals surface area (Å²) in [7, 11) is 0. The summed E-state index contributed by atoms with van der Waals surface area (Å²) in [6.07, 6.45) is 8.39. The molecule has 6 nitrogen and oxygen atoms in total. The lowest BCUT2D eigenvalue weighted by molar-refractivity contribution is -0.210. The summed E-state index contributed by atoms with van der Waals surface area (Å²) < 4.78 is 1.82. The summed E-state index contributed by atoms with van der Waals surface area (Å²) in [4.78, 5) is 15.6. The summed E-state index contributed by atoms with van der Waals surface area (Å²) >= 11 is 0. The smallest absolute Gasteiger partial charge is 0.229 e. The molecule has 1 aliphatic heterocycles. The zero-order valence-electron chi connectivity index (χ0n) is 15.6. The molecule has 2 N–H and O–H groups in total. The summed E-state index contributed by atoms with van der Waals surface area (Å²) in [5, 5.41) is 24.7. The Hall–Kier alpha value is -1.40. The predicted octanol–water partition coefficient (Wildman–Crippen LogP) is 1.83. The molecule has 0 aromatic carbocycles. The number of carbonyl (C=O) groups is 1. The van der Waals surface area contributed by atoms with Gasteiger partial charge in [0.25, 0.3) is 0 Å². The number of rotatable bonds is 4. The van der Waals surface area contributed by atoms with Gasteiger partial charge in [-0.25, -0.2) is 0 Å². The molecule has 1 aromatic rings. The fraction of sp³-hybridized carbons (Fsp3) is 0.800. The number of aliphatic hydroxyl groups is 2. The van der Waals surface area contributed by atoms with Crippen LogP contribution in [-0.2, 0) is 24.4 Å². The van der Waals surface area contributed by atoms with Crippen molar-refractivity contribution in [2.45, 2.75) is 77.1 Å². The monoisotopic (exact) mass is 359 g/mol. The van der Waals surface area contributed by atoms with E-state index in [0.717, 1.165) is 43.4 Å². The van der Waals surface area contributed by atoms with Crippen LogP contribution < -0.4 is 0 Å². The number of fused-ring (bicyclic) bond motifs is 1. The van der Waals surface area contributed by atoms with E-state index in [1.165, 1.54) is 6.42 Å². The van der Waals surface area contributed by atoms with Gasteiger partial charge < -0.3 is 15.1 Å². The molecule has 2 heterocycles. The van der Waals surface area contributed by atoms with E-state index < -0.39 is 5.60 Å². The van der Waals surface area contributed by atoms with E-state index in [0.29, 0.717) is 32.0 Å². The maximum atomic E-state index is 13.7. The molecule has 4 saturated carbocycles. The zero-order valence-corrected chi connectivity index (χ0v) is 15.6. The second-order valence-corrected chi connectivity index (χ2v) is 9.59. The Bertz CT molecular complexity index is 761. The summed E-state index contributed by atoms with van der Waals surface area (Å²) in [6.45, 7) is 3.95. The molecule has 6 heteroatoms. The first-order valence-electron chi connectivity index (χ1n) is 10.1. The SMILES string of the molecule is CC[C@@]12C[C@H]3C[C@@](O)(C1)C[C@@](C(=O)N1Cc4cnn(CCO)c4C1)(C3)C2. The number of hydrogen-bond acceptors (Lipinski definition) is 4. The molecular formula is C20H29N3O3. The second kappa shape index (κ2) is 5.32. The minimum Gasteiger partial charge on any atom is -0.394 e. The van der Waals surface area contributed by atoms with Gasteiger partial charge in [-0.3, -0.25) is 9.48 Å². The Balaban J connectivity index is 1.42. The van der Waals surface area contributed by atoms with Crippen LogP contribution in [-0.4, -0.2) is 43.0 Å². The van der Waals surface area contributed by atoms with Gasteiger partial charge in [-0.2, -0.15) is 5.10 Å². The van der Waals surface area contributed by atoms with Crippen molar-refractivity contribution in [3.8, 4) is 0 Å². The molecule has 1 amide bonds. The van der Waals surface area contributed by atoms with Crippen LogP contribution in [0.2, 0.25) is 0 Å². The van der Waals surface area contributed by atoms with Crippen LogP contribution >= 0.6 is 0 Å². The molecule has 0 spiro atoms. The number of carbonyl (C=O) groups excluding carboxylic acids is 1. The van der Waals surface area contributed by atoms with Gasteiger partial charge in [-0.05, 0) is 49.9 Å². The Morgan fingerprint density at radius 1 is 1.27 bits per heavy atom. The minimum atomic E-state index is -0.634. The van der Waals surface area contributed by atoms with Crippen LogP contribution in [0.15, 0.2) is 6.20 Å². The molecule has 4 bridgehead atoms. The van der Waals surface area contributed by atoms with E-state index >= 15 is 0 Å². The van der Waals surface area contributed by atoms with Crippen molar-refractivity contribution in [1.29, 1.82) is 0 Å². The molecule has 0 saturated heterocycles. The van der Waals surface area contributed by atoms with Gasteiger partial charge in [0.2, 0.25) is 5.91 Å². The molecule has 26 heavy (non-hydrogen) atoms. The maximum Gasteiger partial charge on any atom is 0.229 e. The highest BCUT2D eigenvalue weighted by atomic mass is 16.3. The number of aliphatic hydroxyl groups excluding tert-OH is 1. The van der Waals surface area contributed by atoms with Crippen LogP contribution in [0, 0.1) is 16.7 Å². The molecule has 0 unspecified atom stereocenters. The number of amides is 1. The third-order valence-electron chi connectivity index (χ3n) is 7.69. The molecule has 4 aliphatic carbocycles. The van der Waals surface area contributed by atoms with Gasteiger partial charge in [0, 0.05) is 12.1 Å². The van der Waals surface area contributed by atoms with Gasteiger partial charge in [-0.15, -0.1) is 0 Å². The fourth-order valence-corrected chi connectivity index (χ4v) is 7.19. The average Bonchev–Trinajstić information content (AvgIpc) is 3.14. The van der Waals surface area contributed by atoms with Crippen molar-refractivity contribution in [3.05, 3.63) is 17.5 Å². The minimum absolute atomic E-state index is 0.0553. The first-order valence-corrected chi connectivity index (χ1v) is 10.1. The van der Waals surface area contributed by atoms with Gasteiger partial charge in [-0.1, -0.05) is 13.3 Å². The van der Waals surface area contributed by atoms with Gasteiger partial charge in [0.05, 0.1) is 42.6 Å². The highest BCUT2D eigenvalue weighted by Crippen LogP contribution is 2.68. The van der Waals surface area contributed by atoms with Crippen LogP contribution in [0.3, 0.4) is 0 Å². The Labute approximate surface area is 154 Å². The normalized spacial score (nSPS) is 40.3. The summed E-state index contributed by atoms with van der Waals surface area (Å²) in [5.74, 6) is 0.736. The zero-order chi connectivity index (χ0) is 18.2. The van der Waals surface area contributed by atoms with Crippen LogP contribution in [0.5, 0.6) is 0 Å². The maximum absolute atomic E-state index is 13.7. The molecule has 5 aliphatic rings. The first kappa shape index (κ1) is 16.8. The van der Waals surface area contributed by atoms with Crippen molar-refractivity contribution < 1.29 is 15.0 Å². The standard InChI is InChI=1S/C20H29N3O3/c1-2-18-5-14-6-19(11-18,13-20(26,7-14)12-18)17(25)22-9-15-8-21-23(3-4-24)16(15)10-22/h8,14,24,26H,2-7,9-13H2,1H3/t14-,18+,19-,20-/m1/s1. The topological polar surface area (TPSA) is 78.6 Å². The van der Waals surface area contributed by atoms with Crippen molar-refractivity contribution in [2.24, 2.45) is 16.7 Å². The lowest BCUT2D eigenvalue weighted by Gasteiger charge is -2.64. The highest BCUT2D eigenvalue weighted by molar-refractivity contribution is 5.84. The van der Waals surface area contributed by atoms with E-state index in [1.54, 1.807) is 0 Å². The lowest BCUT2D eigenvalue weighted by Crippen LogP contribution is -2.63. The van der Waals surface area contributed by atoms with Crippen LogP contribution in [0.4, 0.5) is 0 Å². The van der Waals surface area contributed by atoms with Crippen molar-refractivity contribution in [2.75, 3.05) is 6.61 Å². The Morgan fingerprint density at radius 3 is 2.85 bits per heavy atom. The predicted molar refractivity (Wildman–Crippen MR) is 94.9 cm³/mol. The quantitative estimate of drug-likeness (QED) is 0.860. The number of nitrogens with zero attached hydrogens (tertiary/aromatic N) is 3. The van der Waals surface area contributed by atoms with E-state index in [2.05, 4.69) is 12.0 Å². The number of hydrogen-bond donors (Lipinski definition) is 2. The van der Waals surface area contributed by atoms with Gasteiger partial charge in [0.15, 0.2) is 0 Å². The van der Waals surface area contributed by atoms with E-state index in [9.17, 15) is 15.0 Å². The van der Waals surface area contributed by atoms with Crippen molar-refractivity contribution in [1.82, 2.24) is 14.7 Å². The van der Waals surface area contributed by atoms with E-state index in [1.807, 2.05) is 15.8 Å². The summed E-state index contributed by atoms with van der Waals surface area (Å²) in [5.41, 5.74) is 1.31. The van der Waals surface area contributed by atoms with Gasteiger partial charge in [0.1, 0.15) is 0 Å². The number of aromatic nitrogens is 2. The average molecular weight is 359 g/mol. The third kappa shape index (κ3) is 2.24. The first-order chi connectivity index (χ1) is 12.4. The highest BCUT2D eigenvalue weighted by Gasteiger charge is 2.65. The third-order valence-corrected chi connectivity index (χ3v) is 7.69. The molecule has 142 valence electrons. The van der Waals surface area contributed by atoms with E-state index in [-0.39, 0.29) is 23.3 Å². The second-order valence-electron chi connectivity index (χ2n) is 9.59. The molecule has 4 atom stereocenters.